The van der Waals surface area contributed by atoms with E-state index >= 15 is 0 Å². The minimum atomic E-state index is 0.575. The number of aryl methyl sites for hydroxylation is 2. The van der Waals surface area contributed by atoms with E-state index in [2.05, 4.69) is 29.1 Å². The number of benzene rings is 1. The van der Waals surface area contributed by atoms with Crippen LogP contribution >= 0.6 is 11.6 Å². The number of halogens is 1. The molecule has 0 aliphatic carbocycles. The fourth-order valence-electron chi connectivity index (χ4n) is 2.57. The van der Waals surface area contributed by atoms with Crippen LogP contribution in [0.5, 0.6) is 0 Å². The summed E-state index contributed by atoms with van der Waals surface area (Å²) in [6.45, 7) is 4.12. The van der Waals surface area contributed by atoms with Crippen molar-refractivity contribution in [3.63, 3.8) is 0 Å². The fraction of sp³-hybridized carbons (Fsp3) is 0.105. The Labute approximate surface area is 149 Å². The van der Waals surface area contributed by atoms with E-state index in [1.165, 1.54) is 11.1 Å². The minimum Gasteiger partial charge on any atom is -0.463 e. The second-order valence-corrected chi connectivity index (χ2v) is 6.24. The normalized spacial score (nSPS) is 11.6. The average molecular weight is 351 g/mol. The predicted molar refractivity (Wildman–Crippen MR) is 98.0 cm³/mol. The minimum absolute atomic E-state index is 0.575. The molecule has 0 fully saturated rings. The van der Waals surface area contributed by atoms with Gasteiger partial charge < -0.3 is 4.42 Å². The maximum absolute atomic E-state index is 6.14. The Balaban J connectivity index is 1.86. The van der Waals surface area contributed by atoms with E-state index in [4.69, 9.17) is 16.0 Å². The molecule has 0 unspecified atom stereocenters. The summed E-state index contributed by atoms with van der Waals surface area (Å²) in [5.74, 6) is 1.21. The lowest BCUT2D eigenvalue weighted by Gasteiger charge is -2.01. The summed E-state index contributed by atoms with van der Waals surface area (Å²) in [4.78, 5) is 4.60. The number of azo groups is 1. The summed E-state index contributed by atoms with van der Waals surface area (Å²) in [5.41, 5.74) is 4.52. The van der Waals surface area contributed by atoms with Crippen molar-refractivity contribution in [3.05, 3.63) is 71.1 Å². The molecule has 4 rings (SSSR count). The van der Waals surface area contributed by atoms with Crippen molar-refractivity contribution in [1.82, 2.24) is 9.38 Å². The maximum Gasteiger partial charge on any atom is 0.190 e. The Kier molecular flexibility index (Phi) is 3.86. The monoisotopic (exact) mass is 350 g/mol. The molecule has 0 aliphatic rings. The van der Waals surface area contributed by atoms with Crippen LogP contribution in [0.4, 0.5) is 11.5 Å². The summed E-state index contributed by atoms with van der Waals surface area (Å²) in [6, 6.07) is 13.3. The Morgan fingerprint density at radius 1 is 1.04 bits per heavy atom. The van der Waals surface area contributed by atoms with Crippen molar-refractivity contribution in [2.75, 3.05) is 0 Å². The summed E-state index contributed by atoms with van der Waals surface area (Å²) < 4.78 is 7.31. The number of hydrogen-bond donors (Lipinski definition) is 0. The first-order valence-electron chi connectivity index (χ1n) is 7.82. The number of hydrogen-bond acceptors (Lipinski definition) is 4. The van der Waals surface area contributed by atoms with Gasteiger partial charge >= 0.3 is 0 Å². The van der Waals surface area contributed by atoms with E-state index < -0.39 is 0 Å². The molecule has 3 heterocycles. The van der Waals surface area contributed by atoms with Gasteiger partial charge in [-0.1, -0.05) is 17.7 Å². The van der Waals surface area contributed by atoms with Crippen LogP contribution in [0.15, 0.2) is 69.6 Å². The molecule has 0 radical (unpaired) electrons. The van der Waals surface area contributed by atoms with E-state index in [-0.39, 0.29) is 0 Å². The standard InChI is InChI=1S/C19H15ClN4O/c1-12-5-7-15(10-13(12)2)22-23-19-18(16-4-3-9-25-16)21-17-8-6-14(20)11-24(17)19/h3-11H,1-2H3. The molecule has 3 aromatic heterocycles. The lowest BCUT2D eigenvalue weighted by Crippen LogP contribution is -1.83. The van der Waals surface area contributed by atoms with Gasteiger partial charge in [0, 0.05) is 6.20 Å². The first-order valence-corrected chi connectivity index (χ1v) is 8.20. The van der Waals surface area contributed by atoms with E-state index in [1.807, 2.05) is 40.8 Å². The molecule has 5 nitrogen and oxygen atoms in total. The van der Waals surface area contributed by atoms with Crippen LogP contribution in [0.3, 0.4) is 0 Å². The van der Waals surface area contributed by atoms with E-state index in [0.29, 0.717) is 22.3 Å². The van der Waals surface area contributed by atoms with E-state index in [9.17, 15) is 0 Å². The number of imidazole rings is 1. The Hall–Kier alpha value is -2.92. The van der Waals surface area contributed by atoms with Gasteiger partial charge in [0.05, 0.1) is 17.0 Å². The molecule has 0 saturated carbocycles. The largest absolute Gasteiger partial charge is 0.463 e. The van der Waals surface area contributed by atoms with Gasteiger partial charge in [0.1, 0.15) is 5.65 Å². The Bertz CT molecular complexity index is 1080. The molecule has 0 saturated heterocycles. The molecule has 0 spiro atoms. The molecule has 0 aliphatic heterocycles. The van der Waals surface area contributed by atoms with Gasteiger partial charge in [0.15, 0.2) is 17.3 Å². The Morgan fingerprint density at radius 3 is 2.68 bits per heavy atom. The van der Waals surface area contributed by atoms with Crippen molar-refractivity contribution in [1.29, 1.82) is 0 Å². The second-order valence-electron chi connectivity index (χ2n) is 5.81. The third-order valence-electron chi connectivity index (χ3n) is 4.06. The van der Waals surface area contributed by atoms with Gasteiger partial charge in [-0.25, -0.2) is 4.98 Å². The zero-order valence-corrected chi connectivity index (χ0v) is 14.5. The van der Waals surface area contributed by atoms with Crippen LogP contribution in [0, 0.1) is 13.8 Å². The quantitative estimate of drug-likeness (QED) is 0.408. The average Bonchev–Trinajstić information content (AvgIpc) is 3.23. The lowest BCUT2D eigenvalue weighted by molar-refractivity contribution is 0.580. The van der Waals surface area contributed by atoms with Crippen LogP contribution < -0.4 is 0 Å². The van der Waals surface area contributed by atoms with Crippen molar-refractivity contribution >= 4 is 28.8 Å². The third kappa shape index (κ3) is 2.94. The SMILES string of the molecule is Cc1ccc(N=Nc2c(-c3ccco3)nc3ccc(Cl)cn23)cc1C. The highest BCUT2D eigenvalue weighted by Crippen LogP contribution is 2.33. The molecular formula is C19H15ClN4O. The first-order chi connectivity index (χ1) is 12.1. The molecule has 0 atom stereocenters. The number of rotatable bonds is 3. The van der Waals surface area contributed by atoms with Gasteiger partial charge in [-0.3, -0.25) is 4.40 Å². The number of pyridine rings is 1. The van der Waals surface area contributed by atoms with Crippen LogP contribution in [-0.4, -0.2) is 9.38 Å². The molecule has 124 valence electrons. The van der Waals surface area contributed by atoms with Gasteiger partial charge in [-0.2, -0.15) is 0 Å². The van der Waals surface area contributed by atoms with E-state index in [1.54, 1.807) is 18.5 Å². The van der Waals surface area contributed by atoms with Gasteiger partial charge in [0.25, 0.3) is 0 Å². The van der Waals surface area contributed by atoms with Crippen molar-refractivity contribution in [2.45, 2.75) is 13.8 Å². The molecule has 0 N–H and O–H groups in total. The van der Waals surface area contributed by atoms with Crippen molar-refractivity contribution < 1.29 is 4.42 Å². The van der Waals surface area contributed by atoms with Gasteiger partial charge in [-0.15, -0.1) is 10.2 Å². The van der Waals surface area contributed by atoms with Crippen LogP contribution in [0.2, 0.25) is 5.02 Å². The highest BCUT2D eigenvalue weighted by molar-refractivity contribution is 6.30. The number of nitrogens with zero attached hydrogens (tertiary/aromatic N) is 4. The summed E-state index contributed by atoms with van der Waals surface area (Å²) in [7, 11) is 0. The topological polar surface area (TPSA) is 55.2 Å². The highest BCUT2D eigenvalue weighted by Gasteiger charge is 2.16. The maximum atomic E-state index is 6.14. The second kappa shape index (κ2) is 6.18. The molecule has 4 aromatic rings. The summed E-state index contributed by atoms with van der Waals surface area (Å²) in [5, 5.41) is 9.42. The predicted octanol–water partition coefficient (Wildman–Crippen LogP) is 6.28. The third-order valence-corrected chi connectivity index (χ3v) is 4.29. The number of aromatic nitrogens is 2. The Morgan fingerprint density at radius 2 is 1.92 bits per heavy atom. The molecular weight excluding hydrogens is 336 g/mol. The first kappa shape index (κ1) is 15.6. The van der Waals surface area contributed by atoms with Gasteiger partial charge in [-0.05, 0) is 61.4 Å². The van der Waals surface area contributed by atoms with Crippen LogP contribution in [0.1, 0.15) is 11.1 Å². The molecule has 0 bridgehead atoms. The van der Waals surface area contributed by atoms with E-state index in [0.717, 1.165) is 11.3 Å². The van der Waals surface area contributed by atoms with Gasteiger partial charge in [0.2, 0.25) is 0 Å². The highest BCUT2D eigenvalue weighted by atomic mass is 35.5. The summed E-state index contributed by atoms with van der Waals surface area (Å²) >= 11 is 6.14. The molecule has 0 amide bonds. The molecule has 6 heteroatoms. The number of fused-ring (bicyclic) bond motifs is 1. The summed E-state index contributed by atoms with van der Waals surface area (Å²) in [6.07, 6.45) is 3.38. The number of furan rings is 1. The fourth-order valence-corrected chi connectivity index (χ4v) is 2.73. The molecule has 25 heavy (non-hydrogen) atoms. The van der Waals surface area contributed by atoms with Crippen molar-refractivity contribution in [3.8, 4) is 11.5 Å². The smallest absolute Gasteiger partial charge is 0.190 e. The lowest BCUT2D eigenvalue weighted by atomic mass is 10.1. The van der Waals surface area contributed by atoms with Crippen LogP contribution in [0.25, 0.3) is 17.1 Å². The zero-order chi connectivity index (χ0) is 17.4. The van der Waals surface area contributed by atoms with Crippen LogP contribution in [-0.2, 0) is 0 Å². The van der Waals surface area contributed by atoms with Crippen molar-refractivity contribution in [2.24, 2.45) is 10.2 Å². The zero-order valence-electron chi connectivity index (χ0n) is 13.8. The molecule has 1 aromatic carbocycles.